The molecule has 2 atom stereocenters. The number of phenols is 3. The quantitative estimate of drug-likeness (QED) is 0.204. The van der Waals surface area contributed by atoms with Crippen LogP contribution in [0.25, 0.3) is 24.3 Å². The van der Waals surface area contributed by atoms with Gasteiger partial charge in [0.2, 0.25) is 0 Å². The first kappa shape index (κ1) is 27.0. The lowest BCUT2D eigenvalue weighted by atomic mass is 9.98. The summed E-state index contributed by atoms with van der Waals surface area (Å²) in [5.74, 6) is -2.30. The predicted molar refractivity (Wildman–Crippen MR) is 141 cm³/mol. The van der Waals surface area contributed by atoms with Gasteiger partial charge in [0.1, 0.15) is 29.3 Å². The van der Waals surface area contributed by atoms with Crippen molar-refractivity contribution in [1.29, 1.82) is 0 Å². The first-order chi connectivity index (χ1) is 17.5. The standard InChI is InChI=1S/C28H28N2O7/c29-25(27(34)35)14-20-12-22(31)7-5-18(20)3-1-16-9-17(11-24(33)10-16)2-4-19-6-8-23(32)13-21(19)15-26(30)28(36)37/h1-13,25-26,31-33H,14-15,29-30H2,(H,34,35)(H,36,37)/b3-1+,4-2+. The SMILES string of the molecule is NC(Cc1cc(O)ccc1/C=C/c1cc(O)cc(/C=C/c2ccc(O)cc2CC(N)C(=O)O)c1)C(=O)O. The van der Waals surface area contributed by atoms with Gasteiger partial charge in [-0.3, -0.25) is 9.59 Å². The summed E-state index contributed by atoms with van der Waals surface area (Å²) in [6, 6.07) is 11.8. The maximum atomic E-state index is 11.2. The van der Waals surface area contributed by atoms with E-state index in [1.807, 2.05) is 0 Å². The molecule has 0 radical (unpaired) electrons. The molecule has 3 aromatic rings. The monoisotopic (exact) mass is 504 g/mol. The number of hydrogen-bond donors (Lipinski definition) is 7. The minimum atomic E-state index is -1.15. The van der Waals surface area contributed by atoms with E-state index in [0.717, 1.165) is 0 Å². The normalized spacial score (nSPS) is 13.1. The third-order valence-electron chi connectivity index (χ3n) is 5.64. The first-order valence-electron chi connectivity index (χ1n) is 11.3. The van der Waals surface area contributed by atoms with Crippen LogP contribution in [0.4, 0.5) is 0 Å². The van der Waals surface area contributed by atoms with Gasteiger partial charge >= 0.3 is 11.9 Å². The summed E-state index contributed by atoms with van der Waals surface area (Å²) in [5, 5.41) is 48.1. The zero-order valence-corrected chi connectivity index (χ0v) is 19.8. The van der Waals surface area contributed by atoms with Crippen LogP contribution in [0, 0.1) is 0 Å². The van der Waals surface area contributed by atoms with Gasteiger partial charge in [-0.1, -0.05) is 36.4 Å². The van der Waals surface area contributed by atoms with E-state index in [1.165, 1.54) is 24.3 Å². The Bertz CT molecular complexity index is 1260. The smallest absolute Gasteiger partial charge is 0.320 e. The second-order valence-electron chi connectivity index (χ2n) is 8.59. The van der Waals surface area contributed by atoms with Crippen LogP contribution < -0.4 is 11.5 Å². The first-order valence-corrected chi connectivity index (χ1v) is 11.3. The fraction of sp³-hybridized carbons (Fsp3) is 0.143. The Labute approximate surface area is 213 Å². The fourth-order valence-corrected chi connectivity index (χ4v) is 3.73. The van der Waals surface area contributed by atoms with E-state index < -0.39 is 24.0 Å². The van der Waals surface area contributed by atoms with Gasteiger partial charge in [-0.25, -0.2) is 0 Å². The van der Waals surface area contributed by atoms with Gasteiger partial charge < -0.3 is 37.0 Å². The second-order valence-corrected chi connectivity index (χ2v) is 8.59. The van der Waals surface area contributed by atoms with E-state index in [9.17, 15) is 24.9 Å². The third-order valence-corrected chi connectivity index (χ3v) is 5.64. The molecule has 37 heavy (non-hydrogen) atoms. The molecule has 0 saturated carbocycles. The van der Waals surface area contributed by atoms with Crippen molar-refractivity contribution in [3.05, 3.63) is 88.0 Å². The summed E-state index contributed by atoms with van der Waals surface area (Å²) in [5.41, 5.74) is 15.1. The van der Waals surface area contributed by atoms with E-state index in [0.29, 0.717) is 33.4 Å². The molecule has 0 amide bonds. The van der Waals surface area contributed by atoms with Gasteiger partial charge in [-0.15, -0.1) is 0 Å². The Morgan fingerprint density at radius 2 is 1.03 bits per heavy atom. The van der Waals surface area contributed by atoms with Gasteiger partial charge in [0.25, 0.3) is 0 Å². The van der Waals surface area contributed by atoms with Crippen molar-refractivity contribution in [1.82, 2.24) is 0 Å². The summed E-state index contributed by atoms with van der Waals surface area (Å²) in [6.45, 7) is 0. The number of hydrogen-bond acceptors (Lipinski definition) is 7. The van der Waals surface area contributed by atoms with Gasteiger partial charge in [-0.05, 0) is 88.7 Å². The van der Waals surface area contributed by atoms with Crippen molar-refractivity contribution in [3.63, 3.8) is 0 Å². The van der Waals surface area contributed by atoms with E-state index >= 15 is 0 Å². The Morgan fingerprint density at radius 3 is 1.41 bits per heavy atom. The van der Waals surface area contributed by atoms with E-state index in [1.54, 1.807) is 54.6 Å². The zero-order chi connectivity index (χ0) is 27.1. The van der Waals surface area contributed by atoms with Crippen LogP contribution in [0.15, 0.2) is 54.6 Å². The van der Waals surface area contributed by atoms with Crippen LogP contribution in [-0.4, -0.2) is 49.6 Å². The van der Waals surface area contributed by atoms with Gasteiger partial charge in [0.15, 0.2) is 0 Å². The van der Waals surface area contributed by atoms with Crippen LogP contribution in [0.5, 0.6) is 17.2 Å². The van der Waals surface area contributed by atoms with Crippen LogP contribution in [0.2, 0.25) is 0 Å². The molecule has 9 nitrogen and oxygen atoms in total. The molecule has 0 bridgehead atoms. The summed E-state index contributed by atoms with van der Waals surface area (Å²) >= 11 is 0. The molecule has 0 aromatic heterocycles. The highest BCUT2D eigenvalue weighted by Crippen LogP contribution is 2.25. The highest BCUT2D eigenvalue weighted by Gasteiger charge is 2.15. The minimum absolute atomic E-state index is 0.00701. The molecule has 9 N–H and O–H groups in total. The fourth-order valence-electron chi connectivity index (χ4n) is 3.73. The summed E-state index contributed by atoms with van der Waals surface area (Å²) < 4.78 is 0. The Morgan fingerprint density at radius 1 is 0.622 bits per heavy atom. The Hall–Kier alpha value is -4.60. The predicted octanol–water partition coefficient (Wildman–Crippen LogP) is 3.05. The number of rotatable bonds is 10. The Balaban J connectivity index is 1.87. The Kier molecular flexibility index (Phi) is 8.68. The molecule has 0 aliphatic rings. The van der Waals surface area contributed by atoms with Gasteiger partial charge in [0, 0.05) is 0 Å². The number of aromatic hydroxyl groups is 3. The molecule has 3 rings (SSSR count). The zero-order valence-electron chi connectivity index (χ0n) is 19.8. The molecule has 3 aromatic carbocycles. The molecule has 192 valence electrons. The number of carbonyl (C=O) groups is 2. The lowest BCUT2D eigenvalue weighted by molar-refractivity contribution is -0.139. The number of aliphatic carboxylic acids is 2. The van der Waals surface area contributed by atoms with Gasteiger partial charge in [0.05, 0.1) is 0 Å². The number of benzene rings is 3. The van der Waals surface area contributed by atoms with Crippen molar-refractivity contribution >= 4 is 36.2 Å². The van der Waals surface area contributed by atoms with Gasteiger partial charge in [-0.2, -0.15) is 0 Å². The molecule has 0 heterocycles. The molecule has 0 aliphatic heterocycles. The maximum Gasteiger partial charge on any atom is 0.320 e. The summed E-state index contributed by atoms with van der Waals surface area (Å²) in [4.78, 5) is 22.3. The van der Waals surface area contributed by atoms with Crippen molar-refractivity contribution in [3.8, 4) is 17.2 Å². The van der Waals surface area contributed by atoms with E-state index in [2.05, 4.69) is 0 Å². The third kappa shape index (κ3) is 7.69. The molecule has 2 unspecified atom stereocenters. The van der Waals surface area contributed by atoms with E-state index in [4.69, 9.17) is 21.7 Å². The van der Waals surface area contributed by atoms with Crippen molar-refractivity contribution in [2.24, 2.45) is 11.5 Å². The number of nitrogens with two attached hydrogens (primary N) is 2. The summed E-state index contributed by atoms with van der Waals surface area (Å²) in [7, 11) is 0. The van der Waals surface area contributed by atoms with Crippen LogP contribution in [0.3, 0.4) is 0 Å². The van der Waals surface area contributed by atoms with Crippen LogP contribution in [-0.2, 0) is 22.4 Å². The topological polar surface area (TPSA) is 187 Å². The maximum absolute atomic E-state index is 11.2. The minimum Gasteiger partial charge on any atom is -0.508 e. The largest absolute Gasteiger partial charge is 0.508 e. The molecular formula is C28H28N2O7. The number of carboxylic acid groups (broad SMARTS) is 2. The molecule has 0 spiro atoms. The second kappa shape index (κ2) is 11.9. The molecule has 0 aliphatic carbocycles. The molecule has 9 heteroatoms. The van der Waals surface area contributed by atoms with Crippen molar-refractivity contribution in [2.75, 3.05) is 0 Å². The van der Waals surface area contributed by atoms with Crippen LogP contribution >= 0.6 is 0 Å². The average Bonchev–Trinajstić information content (AvgIpc) is 2.82. The summed E-state index contributed by atoms with van der Waals surface area (Å²) in [6.07, 6.45) is 6.98. The van der Waals surface area contributed by atoms with Crippen molar-refractivity contribution in [2.45, 2.75) is 24.9 Å². The average molecular weight is 505 g/mol. The highest BCUT2D eigenvalue weighted by molar-refractivity contribution is 5.78. The number of phenolic OH excluding ortho intramolecular Hbond substituents is 3. The van der Waals surface area contributed by atoms with Crippen molar-refractivity contribution < 1.29 is 35.1 Å². The van der Waals surface area contributed by atoms with E-state index in [-0.39, 0.29) is 30.1 Å². The number of carboxylic acids is 2. The molecule has 0 saturated heterocycles. The lowest BCUT2D eigenvalue weighted by Gasteiger charge is -2.11. The lowest BCUT2D eigenvalue weighted by Crippen LogP contribution is -2.32. The van der Waals surface area contributed by atoms with Crippen LogP contribution in [0.1, 0.15) is 33.4 Å². The molecular weight excluding hydrogens is 476 g/mol. The molecule has 0 fully saturated rings. The highest BCUT2D eigenvalue weighted by atomic mass is 16.4.